The number of fused-ring (bicyclic) bond motifs is 1. The number of benzene rings is 3. The van der Waals surface area contributed by atoms with Crippen molar-refractivity contribution in [2.75, 3.05) is 0 Å². The van der Waals surface area contributed by atoms with Gasteiger partial charge in [0.1, 0.15) is 0 Å². The van der Waals surface area contributed by atoms with E-state index in [1.165, 1.54) is 40.0 Å². The molecule has 0 aliphatic heterocycles. The van der Waals surface area contributed by atoms with Gasteiger partial charge in [0.25, 0.3) is 5.91 Å². The predicted molar refractivity (Wildman–Crippen MR) is 117 cm³/mol. The van der Waals surface area contributed by atoms with Gasteiger partial charge in [0, 0.05) is 16.2 Å². The van der Waals surface area contributed by atoms with Crippen LogP contribution >= 0.6 is 11.8 Å². The number of hydrogen-bond donors (Lipinski definition) is 1. The molecule has 3 aromatic carbocycles. The van der Waals surface area contributed by atoms with E-state index >= 15 is 0 Å². The summed E-state index contributed by atoms with van der Waals surface area (Å²) in [5.74, 6) is 0.882. The molecule has 1 amide bonds. The zero-order chi connectivity index (χ0) is 19.3. The van der Waals surface area contributed by atoms with Crippen LogP contribution in [0, 0.1) is 0 Å². The summed E-state index contributed by atoms with van der Waals surface area (Å²) in [5.41, 5.74) is 6.02. The van der Waals surface area contributed by atoms with Crippen LogP contribution in [-0.4, -0.2) is 5.91 Å². The number of aryl methyl sites for hydroxylation is 2. The maximum atomic E-state index is 12.6. The summed E-state index contributed by atoms with van der Waals surface area (Å²) in [6.07, 6.45) is 3.59. The van der Waals surface area contributed by atoms with E-state index < -0.39 is 0 Å². The van der Waals surface area contributed by atoms with Crippen molar-refractivity contribution >= 4 is 17.7 Å². The van der Waals surface area contributed by atoms with Crippen LogP contribution in [0.15, 0.2) is 77.7 Å². The number of hydrogen-bond acceptors (Lipinski definition) is 2. The molecule has 1 N–H and O–H groups in total. The molecule has 1 aliphatic rings. The second kappa shape index (κ2) is 8.66. The quantitative estimate of drug-likeness (QED) is 0.529. The normalized spacial score (nSPS) is 13.8. The number of carbonyl (C=O) groups excluding carboxylic acids is 1. The van der Waals surface area contributed by atoms with Crippen molar-refractivity contribution in [2.24, 2.45) is 0 Å². The Balaban J connectivity index is 1.35. The molecule has 0 bridgehead atoms. The van der Waals surface area contributed by atoms with Crippen molar-refractivity contribution in [3.8, 4) is 0 Å². The topological polar surface area (TPSA) is 29.1 Å². The van der Waals surface area contributed by atoms with E-state index in [0.717, 1.165) is 12.2 Å². The van der Waals surface area contributed by atoms with E-state index in [2.05, 4.69) is 54.7 Å². The molecule has 0 spiro atoms. The SMILES string of the molecule is CC(NC(=O)c1ccc(CSc2ccccc2)cc1)c1ccc2c(c1)CCC2. The van der Waals surface area contributed by atoms with Crippen LogP contribution in [0.4, 0.5) is 0 Å². The largest absolute Gasteiger partial charge is 0.346 e. The molecule has 3 heteroatoms. The molecule has 142 valence electrons. The molecular formula is C25H25NOS. The maximum absolute atomic E-state index is 12.6. The van der Waals surface area contributed by atoms with E-state index in [-0.39, 0.29) is 11.9 Å². The first kappa shape index (κ1) is 18.8. The number of amides is 1. The van der Waals surface area contributed by atoms with E-state index in [4.69, 9.17) is 0 Å². The van der Waals surface area contributed by atoms with Gasteiger partial charge in [-0.25, -0.2) is 0 Å². The summed E-state index contributed by atoms with van der Waals surface area (Å²) in [6, 6.07) is 25.0. The fourth-order valence-corrected chi connectivity index (χ4v) is 4.54. The van der Waals surface area contributed by atoms with Crippen LogP contribution in [0.1, 0.15) is 52.0 Å². The number of thioether (sulfide) groups is 1. The monoisotopic (exact) mass is 387 g/mol. The van der Waals surface area contributed by atoms with Gasteiger partial charge in [0.2, 0.25) is 0 Å². The smallest absolute Gasteiger partial charge is 0.251 e. The summed E-state index contributed by atoms with van der Waals surface area (Å²) < 4.78 is 0. The molecule has 3 aromatic rings. The summed E-state index contributed by atoms with van der Waals surface area (Å²) in [6.45, 7) is 2.06. The highest BCUT2D eigenvalue weighted by Gasteiger charge is 2.15. The fourth-order valence-electron chi connectivity index (χ4n) is 3.66. The molecule has 0 heterocycles. The average molecular weight is 388 g/mol. The number of nitrogens with one attached hydrogen (secondary N) is 1. The first-order chi connectivity index (χ1) is 13.7. The Hall–Kier alpha value is -2.52. The summed E-state index contributed by atoms with van der Waals surface area (Å²) >= 11 is 1.80. The highest BCUT2D eigenvalue weighted by atomic mass is 32.2. The molecule has 0 radical (unpaired) electrons. The third-order valence-corrected chi connectivity index (χ3v) is 6.42. The van der Waals surface area contributed by atoms with Crippen molar-refractivity contribution < 1.29 is 4.79 Å². The van der Waals surface area contributed by atoms with Gasteiger partial charge in [-0.05, 0) is 72.7 Å². The van der Waals surface area contributed by atoms with Crippen LogP contribution in [0.2, 0.25) is 0 Å². The molecule has 0 aromatic heterocycles. The van der Waals surface area contributed by atoms with Crippen molar-refractivity contribution in [3.63, 3.8) is 0 Å². The molecule has 0 saturated carbocycles. The Bertz CT molecular complexity index is 950. The second-order valence-corrected chi connectivity index (χ2v) is 8.42. The van der Waals surface area contributed by atoms with Crippen LogP contribution in [0.5, 0.6) is 0 Å². The van der Waals surface area contributed by atoms with Gasteiger partial charge in [-0.3, -0.25) is 4.79 Å². The molecule has 28 heavy (non-hydrogen) atoms. The van der Waals surface area contributed by atoms with Gasteiger partial charge in [0.05, 0.1) is 6.04 Å². The molecule has 0 saturated heterocycles. The van der Waals surface area contributed by atoms with Crippen molar-refractivity contribution in [1.82, 2.24) is 5.32 Å². The van der Waals surface area contributed by atoms with E-state index in [1.807, 2.05) is 30.3 Å². The van der Waals surface area contributed by atoms with Crippen molar-refractivity contribution in [2.45, 2.75) is 42.9 Å². The predicted octanol–water partition coefficient (Wildman–Crippen LogP) is 5.96. The Morgan fingerprint density at radius 1 is 0.964 bits per heavy atom. The fraction of sp³-hybridized carbons (Fsp3) is 0.240. The summed E-state index contributed by atoms with van der Waals surface area (Å²) in [5, 5.41) is 3.14. The molecule has 2 nitrogen and oxygen atoms in total. The van der Waals surface area contributed by atoms with Gasteiger partial charge in [-0.2, -0.15) is 0 Å². The van der Waals surface area contributed by atoms with Gasteiger partial charge in [-0.1, -0.05) is 48.5 Å². The van der Waals surface area contributed by atoms with Gasteiger partial charge >= 0.3 is 0 Å². The van der Waals surface area contributed by atoms with Crippen LogP contribution in [0.3, 0.4) is 0 Å². The minimum absolute atomic E-state index is 0.00622. The standard InChI is InChI=1S/C25H25NOS/c1-18(22-15-14-20-6-5-7-23(20)16-22)26-25(27)21-12-10-19(11-13-21)17-28-24-8-3-2-4-9-24/h2-4,8-16,18H,5-7,17H2,1H3,(H,26,27). The molecule has 1 atom stereocenters. The minimum atomic E-state index is -0.0183. The van der Waals surface area contributed by atoms with Crippen LogP contribution in [0.25, 0.3) is 0 Å². The molecule has 0 fully saturated rings. The Labute approximate surface area is 171 Å². The van der Waals surface area contributed by atoms with Crippen molar-refractivity contribution in [1.29, 1.82) is 0 Å². The van der Waals surface area contributed by atoms with Gasteiger partial charge in [-0.15, -0.1) is 11.8 Å². The van der Waals surface area contributed by atoms with Crippen molar-refractivity contribution in [3.05, 3.63) is 101 Å². The third kappa shape index (κ3) is 4.48. The van der Waals surface area contributed by atoms with Gasteiger partial charge in [0.15, 0.2) is 0 Å². The lowest BCUT2D eigenvalue weighted by Crippen LogP contribution is -2.26. The molecule has 4 rings (SSSR count). The maximum Gasteiger partial charge on any atom is 0.251 e. The highest BCUT2D eigenvalue weighted by molar-refractivity contribution is 7.98. The summed E-state index contributed by atoms with van der Waals surface area (Å²) in [4.78, 5) is 13.9. The second-order valence-electron chi connectivity index (χ2n) is 7.38. The zero-order valence-electron chi connectivity index (χ0n) is 16.2. The molecular weight excluding hydrogens is 362 g/mol. The van der Waals surface area contributed by atoms with E-state index in [1.54, 1.807) is 11.8 Å². The lowest BCUT2D eigenvalue weighted by Gasteiger charge is -2.16. The molecule has 1 aliphatic carbocycles. The zero-order valence-corrected chi connectivity index (χ0v) is 17.0. The Kier molecular flexibility index (Phi) is 5.82. The van der Waals surface area contributed by atoms with E-state index in [0.29, 0.717) is 5.56 Å². The Morgan fingerprint density at radius 2 is 1.71 bits per heavy atom. The first-order valence-corrected chi connectivity index (χ1v) is 10.9. The average Bonchev–Trinajstić information content (AvgIpc) is 3.21. The first-order valence-electron chi connectivity index (χ1n) is 9.88. The van der Waals surface area contributed by atoms with Crippen LogP contribution in [-0.2, 0) is 18.6 Å². The summed E-state index contributed by atoms with van der Waals surface area (Å²) in [7, 11) is 0. The lowest BCUT2D eigenvalue weighted by atomic mass is 10.0. The van der Waals surface area contributed by atoms with Gasteiger partial charge < -0.3 is 5.32 Å². The third-order valence-electron chi connectivity index (χ3n) is 5.33. The minimum Gasteiger partial charge on any atom is -0.346 e. The van der Waals surface area contributed by atoms with E-state index in [9.17, 15) is 4.79 Å². The molecule has 1 unspecified atom stereocenters. The Morgan fingerprint density at radius 3 is 2.50 bits per heavy atom. The highest BCUT2D eigenvalue weighted by Crippen LogP contribution is 2.26. The lowest BCUT2D eigenvalue weighted by molar-refractivity contribution is 0.0940. The van der Waals surface area contributed by atoms with Crippen LogP contribution < -0.4 is 5.32 Å². The number of rotatable bonds is 6. The number of carbonyl (C=O) groups is 1.